The van der Waals surface area contributed by atoms with Crippen molar-refractivity contribution >= 4 is 27.5 Å². The largest absolute Gasteiger partial charge is 0.486 e. The molecule has 8 heteroatoms. The van der Waals surface area contributed by atoms with E-state index in [1.807, 2.05) is 25.1 Å². The molecule has 0 saturated carbocycles. The van der Waals surface area contributed by atoms with Gasteiger partial charge in [-0.3, -0.25) is 4.79 Å². The van der Waals surface area contributed by atoms with Crippen molar-refractivity contribution < 1.29 is 22.7 Å². The number of carbonyl (C=O) groups is 1. The minimum Gasteiger partial charge on any atom is -0.486 e. The molecule has 1 fully saturated rings. The van der Waals surface area contributed by atoms with E-state index in [0.29, 0.717) is 31.9 Å². The maximum Gasteiger partial charge on any atom is 0.233 e. The predicted octanol–water partition coefficient (Wildman–Crippen LogP) is 1.59. The molecule has 24 heavy (non-hydrogen) atoms. The maximum atomic E-state index is 12.5. The molecule has 3 rings (SSSR count). The third kappa shape index (κ3) is 3.97. The zero-order chi connectivity index (χ0) is 17.2. The van der Waals surface area contributed by atoms with Crippen molar-refractivity contribution in [3.63, 3.8) is 0 Å². The number of sulfone groups is 1. The number of ether oxygens (including phenoxy) is 2. The highest BCUT2D eigenvalue weighted by molar-refractivity contribution is 8.00. The number of thioether (sulfide) groups is 1. The average molecular weight is 371 g/mol. The molecule has 0 unspecified atom stereocenters. The number of fused-ring (bicyclic) bond motifs is 1. The smallest absolute Gasteiger partial charge is 0.233 e. The Morgan fingerprint density at radius 3 is 2.71 bits per heavy atom. The normalized spacial score (nSPS) is 21.5. The molecular formula is C16H21NO5S2. The summed E-state index contributed by atoms with van der Waals surface area (Å²) in [5, 5.41) is 0. The molecule has 132 valence electrons. The van der Waals surface area contributed by atoms with E-state index in [1.165, 1.54) is 11.8 Å². The molecule has 0 bridgehead atoms. The molecule has 0 spiro atoms. The Hall–Kier alpha value is -1.41. The third-order valence-corrected chi connectivity index (χ3v) is 6.92. The van der Waals surface area contributed by atoms with Crippen molar-refractivity contribution in [1.29, 1.82) is 0 Å². The molecule has 1 amide bonds. The molecule has 6 nitrogen and oxygen atoms in total. The van der Waals surface area contributed by atoms with Crippen LogP contribution in [0.1, 0.15) is 13.3 Å². The van der Waals surface area contributed by atoms with Gasteiger partial charge in [0.15, 0.2) is 21.3 Å². The Balaban J connectivity index is 1.60. The summed E-state index contributed by atoms with van der Waals surface area (Å²) in [5.74, 6) is 1.94. The molecule has 1 aromatic rings. The van der Waals surface area contributed by atoms with E-state index in [9.17, 15) is 13.2 Å². The molecule has 0 aliphatic carbocycles. The van der Waals surface area contributed by atoms with Crippen molar-refractivity contribution in [3.05, 3.63) is 18.2 Å². The minimum atomic E-state index is -2.99. The topological polar surface area (TPSA) is 72.9 Å². The second kappa shape index (κ2) is 7.23. The second-order valence-corrected chi connectivity index (χ2v) is 9.11. The van der Waals surface area contributed by atoms with Gasteiger partial charge in [-0.15, -0.1) is 11.8 Å². The molecule has 2 aliphatic heterocycles. The lowest BCUT2D eigenvalue weighted by molar-refractivity contribution is -0.129. The van der Waals surface area contributed by atoms with Crippen LogP contribution in [0, 0.1) is 0 Å². The van der Waals surface area contributed by atoms with Crippen LogP contribution in [0.25, 0.3) is 0 Å². The summed E-state index contributed by atoms with van der Waals surface area (Å²) in [6, 6.07) is 5.45. The van der Waals surface area contributed by atoms with E-state index in [1.54, 1.807) is 4.90 Å². The second-order valence-electron chi connectivity index (χ2n) is 5.83. The lowest BCUT2D eigenvalue weighted by Gasteiger charge is -2.26. The zero-order valence-electron chi connectivity index (χ0n) is 13.6. The Kier molecular flexibility index (Phi) is 5.24. The van der Waals surface area contributed by atoms with Crippen LogP contribution in [0.5, 0.6) is 11.5 Å². The highest BCUT2D eigenvalue weighted by Gasteiger charge is 2.33. The summed E-state index contributed by atoms with van der Waals surface area (Å²) in [6.45, 7) is 3.49. The van der Waals surface area contributed by atoms with Crippen LogP contribution in [0.4, 0.5) is 0 Å². The number of rotatable bonds is 5. The first kappa shape index (κ1) is 17.4. The summed E-state index contributed by atoms with van der Waals surface area (Å²) in [6.07, 6.45) is 0.538. The molecule has 2 heterocycles. The number of hydrogen-bond acceptors (Lipinski definition) is 6. The van der Waals surface area contributed by atoms with Crippen LogP contribution in [-0.4, -0.2) is 62.3 Å². The fraction of sp³-hybridized carbons (Fsp3) is 0.562. The Labute approximate surface area is 146 Å². The quantitative estimate of drug-likeness (QED) is 0.732. The monoisotopic (exact) mass is 371 g/mol. The molecular weight excluding hydrogens is 350 g/mol. The molecule has 0 radical (unpaired) electrons. The van der Waals surface area contributed by atoms with Crippen LogP contribution >= 0.6 is 11.8 Å². The van der Waals surface area contributed by atoms with Crippen LogP contribution in [-0.2, 0) is 14.6 Å². The number of amides is 1. The highest BCUT2D eigenvalue weighted by Crippen LogP contribution is 2.34. The lowest BCUT2D eigenvalue weighted by atomic mass is 10.2. The first-order chi connectivity index (χ1) is 11.5. The van der Waals surface area contributed by atoms with Crippen molar-refractivity contribution in [3.8, 4) is 11.5 Å². The zero-order valence-corrected chi connectivity index (χ0v) is 15.2. The van der Waals surface area contributed by atoms with Gasteiger partial charge in [0.1, 0.15) is 13.2 Å². The summed E-state index contributed by atoms with van der Waals surface area (Å²) in [7, 11) is -2.99. The van der Waals surface area contributed by atoms with Crippen molar-refractivity contribution in [1.82, 2.24) is 4.90 Å². The Bertz CT molecular complexity index is 719. The summed E-state index contributed by atoms with van der Waals surface area (Å²) in [5.41, 5.74) is 0. The first-order valence-electron chi connectivity index (χ1n) is 8.01. The Morgan fingerprint density at radius 1 is 1.29 bits per heavy atom. The van der Waals surface area contributed by atoms with Gasteiger partial charge in [0.05, 0.1) is 17.3 Å². The SMILES string of the molecule is CCN(C(=O)CSc1ccc2c(c1)OCCO2)[C@@H]1CCS(=O)(=O)C1. The van der Waals surface area contributed by atoms with E-state index in [4.69, 9.17) is 9.47 Å². The lowest BCUT2D eigenvalue weighted by Crippen LogP contribution is -2.41. The van der Waals surface area contributed by atoms with E-state index in [2.05, 4.69) is 0 Å². The van der Waals surface area contributed by atoms with Gasteiger partial charge in [0, 0.05) is 17.5 Å². The van der Waals surface area contributed by atoms with Gasteiger partial charge < -0.3 is 14.4 Å². The van der Waals surface area contributed by atoms with E-state index in [-0.39, 0.29) is 29.2 Å². The predicted molar refractivity (Wildman–Crippen MR) is 92.6 cm³/mol. The summed E-state index contributed by atoms with van der Waals surface area (Å²) >= 11 is 1.43. The van der Waals surface area contributed by atoms with E-state index >= 15 is 0 Å². The van der Waals surface area contributed by atoms with Gasteiger partial charge in [-0.25, -0.2) is 8.42 Å². The molecule has 0 N–H and O–H groups in total. The van der Waals surface area contributed by atoms with Crippen molar-refractivity contribution in [2.24, 2.45) is 0 Å². The molecule has 2 aliphatic rings. The molecule has 1 aromatic carbocycles. The summed E-state index contributed by atoms with van der Waals surface area (Å²) < 4.78 is 34.3. The van der Waals surface area contributed by atoms with Crippen molar-refractivity contribution in [2.45, 2.75) is 24.3 Å². The third-order valence-electron chi connectivity index (χ3n) is 4.19. The van der Waals surface area contributed by atoms with Crippen LogP contribution < -0.4 is 9.47 Å². The molecule has 0 aromatic heterocycles. The van der Waals surface area contributed by atoms with Crippen molar-refractivity contribution in [2.75, 3.05) is 37.0 Å². The number of hydrogen-bond donors (Lipinski definition) is 0. The standard InChI is InChI=1S/C16H21NO5S2/c1-2-17(12-5-8-24(19,20)11-12)16(18)10-23-13-3-4-14-15(9-13)22-7-6-21-14/h3-4,9,12H,2,5-8,10-11H2,1H3/t12-/m1/s1. The van der Waals surface area contributed by atoms with Gasteiger partial charge >= 0.3 is 0 Å². The fourth-order valence-corrected chi connectivity index (χ4v) is 5.54. The van der Waals surface area contributed by atoms with E-state index < -0.39 is 9.84 Å². The van der Waals surface area contributed by atoms with Gasteiger partial charge in [-0.1, -0.05) is 0 Å². The van der Waals surface area contributed by atoms with E-state index in [0.717, 1.165) is 10.6 Å². The first-order valence-corrected chi connectivity index (χ1v) is 10.8. The highest BCUT2D eigenvalue weighted by atomic mass is 32.2. The number of carbonyl (C=O) groups excluding carboxylic acids is 1. The van der Waals surface area contributed by atoms with Gasteiger partial charge in [-0.05, 0) is 31.5 Å². The minimum absolute atomic E-state index is 0.0283. The number of benzene rings is 1. The molecule has 1 saturated heterocycles. The molecule has 1 atom stereocenters. The number of nitrogens with zero attached hydrogens (tertiary/aromatic N) is 1. The van der Waals surface area contributed by atoms with Crippen LogP contribution in [0.15, 0.2) is 23.1 Å². The maximum absolute atomic E-state index is 12.5. The average Bonchev–Trinajstić information content (AvgIpc) is 2.93. The van der Waals surface area contributed by atoms with Crippen LogP contribution in [0.2, 0.25) is 0 Å². The fourth-order valence-electron chi connectivity index (χ4n) is 3.00. The Morgan fingerprint density at radius 2 is 2.04 bits per heavy atom. The van der Waals surface area contributed by atoms with Gasteiger partial charge in [0.25, 0.3) is 0 Å². The van der Waals surface area contributed by atoms with Crippen LogP contribution in [0.3, 0.4) is 0 Å². The summed E-state index contributed by atoms with van der Waals surface area (Å²) in [4.78, 5) is 15.1. The van der Waals surface area contributed by atoms with Gasteiger partial charge in [-0.2, -0.15) is 0 Å². The van der Waals surface area contributed by atoms with Gasteiger partial charge in [0.2, 0.25) is 5.91 Å².